The van der Waals surface area contributed by atoms with Gasteiger partial charge >= 0.3 is 0 Å². The molecule has 1 N–H and O–H groups in total. The first-order valence-electron chi connectivity index (χ1n) is 6.38. The van der Waals surface area contributed by atoms with Crippen molar-refractivity contribution in [3.05, 3.63) is 42.1 Å². The Hall–Kier alpha value is -1.06. The normalized spacial score (nSPS) is 12.8. The van der Waals surface area contributed by atoms with E-state index in [2.05, 4.69) is 47.7 Å². The molecule has 0 aliphatic heterocycles. The van der Waals surface area contributed by atoms with Gasteiger partial charge in [-0.05, 0) is 31.4 Å². The summed E-state index contributed by atoms with van der Waals surface area (Å²) in [6, 6.07) is 12.5. The van der Waals surface area contributed by atoms with E-state index in [0.29, 0.717) is 0 Å². The standard InChI is InChI=1S/C15H20N2S/c1-12(18-2)9-10-16-11-14-8-7-13-5-3-4-6-15(13)17-14/h3-8,12,16H,9-11H2,1-2H3. The smallest absolute Gasteiger partial charge is 0.0705 e. The van der Waals surface area contributed by atoms with Crippen molar-refractivity contribution in [1.29, 1.82) is 0 Å². The number of rotatable bonds is 6. The maximum absolute atomic E-state index is 4.64. The number of nitrogens with one attached hydrogen (secondary N) is 1. The number of pyridine rings is 1. The lowest BCUT2D eigenvalue weighted by molar-refractivity contribution is 0.641. The van der Waals surface area contributed by atoms with Gasteiger partial charge in [-0.15, -0.1) is 0 Å². The fourth-order valence-electron chi connectivity index (χ4n) is 1.85. The van der Waals surface area contributed by atoms with E-state index in [9.17, 15) is 0 Å². The summed E-state index contributed by atoms with van der Waals surface area (Å²) in [4.78, 5) is 4.64. The number of fused-ring (bicyclic) bond motifs is 1. The van der Waals surface area contributed by atoms with Crippen molar-refractivity contribution in [2.75, 3.05) is 12.8 Å². The summed E-state index contributed by atoms with van der Waals surface area (Å²) in [5.74, 6) is 0. The molecule has 0 saturated carbocycles. The minimum Gasteiger partial charge on any atom is -0.311 e. The number of aromatic nitrogens is 1. The van der Waals surface area contributed by atoms with Gasteiger partial charge in [0.15, 0.2) is 0 Å². The highest BCUT2D eigenvalue weighted by molar-refractivity contribution is 7.99. The summed E-state index contributed by atoms with van der Waals surface area (Å²) in [7, 11) is 0. The van der Waals surface area contributed by atoms with Crippen molar-refractivity contribution in [3.8, 4) is 0 Å². The Morgan fingerprint density at radius 3 is 2.89 bits per heavy atom. The average molecular weight is 260 g/mol. The Morgan fingerprint density at radius 2 is 2.06 bits per heavy atom. The molecule has 1 atom stereocenters. The first-order valence-corrected chi connectivity index (χ1v) is 7.66. The lowest BCUT2D eigenvalue weighted by Gasteiger charge is -2.09. The topological polar surface area (TPSA) is 24.9 Å². The van der Waals surface area contributed by atoms with E-state index in [1.165, 1.54) is 11.8 Å². The van der Waals surface area contributed by atoms with Crippen LogP contribution in [0.4, 0.5) is 0 Å². The maximum Gasteiger partial charge on any atom is 0.0705 e. The highest BCUT2D eigenvalue weighted by Gasteiger charge is 2.00. The summed E-state index contributed by atoms with van der Waals surface area (Å²) in [5, 5.41) is 5.39. The molecule has 0 bridgehead atoms. The SMILES string of the molecule is CSC(C)CCNCc1ccc2ccccc2n1. The molecule has 0 saturated heterocycles. The van der Waals surface area contributed by atoms with Crippen LogP contribution in [0.25, 0.3) is 10.9 Å². The zero-order valence-corrected chi connectivity index (χ0v) is 11.8. The van der Waals surface area contributed by atoms with Crippen LogP contribution in [-0.2, 0) is 6.54 Å². The van der Waals surface area contributed by atoms with Gasteiger partial charge in [0.25, 0.3) is 0 Å². The van der Waals surface area contributed by atoms with Crippen LogP contribution in [-0.4, -0.2) is 23.0 Å². The van der Waals surface area contributed by atoms with E-state index in [1.54, 1.807) is 0 Å². The highest BCUT2D eigenvalue weighted by atomic mass is 32.2. The average Bonchev–Trinajstić information content (AvgIpc) is 2.43. The Bertz CT molecular complexity index is 499. The monoisotopic (exact) mass is 260 g/mol. The van der Waals surface area contributed by atoms with E-state index in [1.807, 2.05) is 23.9 Å². The molecule has 2 rings (SSSR count). The van der Waals surface area contributed by atoms with Gasteiger partial charge < -0.3 is 5.32 Å². The number of hydrogen-bond acceptors (Lipinski definition) is 3. The zero-order valence-electron chi connectivity index (χ0n) is 11.0. The second kappa shape index (κ2) is 6.76. The molecule has 18 heavy (non-hydrogen) atoms. The molecule has 0 amide bonds. The van der Waals surface area contributed by atoms with Crippen molar-refractivity contribution in [2.45, 2.75) is 25.1 Å². The molecule has 0 aliphatic rings. The van der Waals surface area contributed by atoms with Crippen molar-refractivity contribution < 1.29 is 0 Å². The molecule has 1 heterocycles. The van der Waals surface area contributed by atoms with Gasteiger partial charge in [-0.25, -0.2) is 0 Å². The van der Waals surface area contributed by atoms with Gasteiger partial charge in [-0.1, -0.05) is 31.2 Å². The second-order valence-electron chi connectivity index (χ2n) is 4.51. The molecule has 3 heteroatoms. The summed E-state index contributed by atoms with van der Waals surface area (Å²) >= 11 is 1.92. The van der Waals surface area contributed by atoms with Crippen LogP contribution < -0.4 is 5.32 Å². The number of thioether (sulfide) groups is 1. The Labute approximate surface area is 113 Å². The molecule has 1 unspecified atom stereocenters. The molecule has 2 nitrogen and oxygen atoms in total. The van der Waals surface area contributed by atoms with Gasteiger partial charge in [0.2, 0.25) is 0 Å². The van der Waals surface area contributed by atoms with Gasteiger partial charge in [0.1, 0.15) is 0 Å². The second-order valence-corrected chi connectivity index (χ2v) is 5.78. The van der Waals surface area contributed by atoms with E-state index < -0.39 is 0 Å². The number of para-hydroxylation sites is 1. The van der Waals surface area contributed by atoms with Gasteiger partial charge in [0, 0.05) is 17.2 Å². The zero-order chi connectivity index (χ0) is 12.8. The number of benzene rings is 1. The molecule has 96 valence electrons. The van der Waals surface area contributed by atoms with Crippen molar-refractivity contribution in [2.24, 2.45) is 0 Å². The summed E-state index contributed by atoms with van der Waals surface area (Å²) in [6.45, 7) is 4.17. The minimum absolute atomic E-state index is 0.724. The molecule has 0 fully saturated rings. The van der Waals surface area contributed by atoms with E-state index in [4.69, 9.17) is 0 Å². The summed E-state index contributed by atoms with van der Waals surface area (Å²) < 4.78 is 0. The van der Waals surface area contributed by atoms with Crippen LogP contribution in [0.1, 0.15) is 19.0 Å². The first-order chi connectivity index (χ1) is 8.79. The largest absolute Gasteiger partial charge is 0.311 e. The van der Waals surface area contributed by atoms with Crippen LogP contribution in [0.3, 0.4) is 0 Å². The molecule has 1 aromatic heterocycles. The third-order valence-electron chi connectivity index (χ3n) is 3.09. The molecule has 0 spiro atoms. The third kappa shape index (κ3) is 3.72. The predicted molar refractivity (Wildman–Crippen MR) is 81.0 cm³/mol. The maximum atomic E-state index is 4.64. The molecular weight excluding hydrogens is 240 g/mol. The fourth-order valence-corrected chi connectivity index (χ4v) is 2.20. The van der Waals surface area contributed by atoms with E-state index in [0.717, 1.165) is 29.6 Å². The van der Waals surface area contributed by atoms with E-state index in [-0.39, 0.29) is 0 Å². The fraction of sp³-hybridized carbons (Fsp3) is 0.400. The number of nitrogens with zero attached hydrogens (tertiary/aromatic N) is 1. The molecule has 2 aromatic rings. The van der Waals surface area contributed by atoms with Gasteiger partial charge in [-0.3, -0.25) is 4.98 Å². The lowest BCUT2D eigenvalue weighted by Crippen LogP contribution is -2.18. The Balaban J connectivity index is 1.88. The Morgan fingerprint density at radius 1 is 1.22 bits per heavy atom. The van der Waals surface area contributed by atoms with Gasteiger partial charge in [0.05, 0.1) is 11.2 Å². The van der Waals surface area contributed by atoms with Crippen LogP contribution in [0.2, 0.25) is 0 Å². The number of hydrogen-bond donors (Lipinski definition) is 1. The molecular formula is C15H20N2S. The van der Waals surface area contributed by atoms with Crippen LogP contribution in [0.5, 0.6) is 0 Å². The van der Waals surface area contributed by atoms with Crippen LogP contribution in [0.15, 0.2) is 36.4 Å². The quantitative estimate of drug-likeness (QED) is 0.805. The predicted octanol–water partition coefficient (Wildman–Crippen LogP) is 3.47. The first kappa shape index (κ1) is 13.4. The molecule has 1 aromatic carbocycles. The van der Waals surface area contributed by atoms with E-state index >= 15 is 0 Å². The van der Waals surface area contributed by atoms with Crippen molar-refractivity contribution >= 4 is 22.7 Å². The molecule has 0 aliphatic carbocycles. The lowest BCUT2D eigenvalue weighted by atomic mass is 10.2. The minimum atomic E-state index is 0.724. The molecule has 0 radical (unpaired) electrons. The van der Waals surface area contributed by atoms with Crippen molar-refractivity contribution in [3.63, 3.8) is 0 Å². The summed E-state index contributed by atoms with van der Waals surface area (Å²) in [6.07, 6.45) is 3.37. The Kier molecular flexibility index (Phi) is 5.02. The third-order valence-corrected chi connectivity index (χ3v) is 4.13. The van der Waals surface area contributed by atoms with Gasteiger partial charge in [-0.2, -0.15) is 11.8 Å². The van der Waals surface area contributed by atoms with Crippen molar-refractivity contribution in [1.82, 2.24) is 10.3 Å². The summed E-state index contributed by atoms with van der Waals surface area (Å²) in [5.41, 5.74) is 2.19. The highest BCUT2D eigenvalue weighted by Crippen LogP contribution is 2.12. The van der Waals surface area contributed by atoms with Crippen LogP contribution in [0, 0.1) is 0 Å². The van der Waals surface area contributed by atoms with Crippen LogP contribution >= 0.6 is 11.8 Å².